The first-order valence-electron chi connectivity index (χ1n) is 8.02. The van der Waals surface area contributed by atoms with Crippen LogP contribution in [0.5, 0.6) is 5.75 Å². The van der Waals surface area contributed by atoms with Gasteiger partial charge >= 0.3 is 0 Å². The molecule has 1 aliphatic heterocycles. The maximum Gasteiger partial charge on any atom is 0.127 e. The minimum atomic E-state index is -0.229. The fraction of sp³-hybridized carbons (Fsp3) is 0.647. The number of aliphatic hydroxyl groups is 2. The number of rotatable bonds is 8. The van der Waals surface area contributed by atoms with E-state index in [0.717, 1.165) is 19.6 Å². The standard InChI is InChI=1S/C17H27FN2O3/c1-19(5-6-21)8-14-10-20(11-15(14)12-22)9-13-7-16(23-2)3-4-17(13)18/h3-4,7,14-15,21-22H,5-6,8-12H2,1-2H3/t14-,15-/m1/s1. The second-order valence-corrected chi connectivity index (χ2v) is 6.34. The summed E-state index contributed by atoms with van der Waals surface area (Å²) in [6.07, 6.45) is 0. The minimum absolute atomic E-state index is 0.131. The third-order valence-corrected chi connectivity index (χ3v) is 4.56. The lowest BCUT2D eigenvalue weighted by molar-refractivity contribution is 0.160. The molecule has 0 unspecified atom stereocenters. The smallest absolute Gasteiger partial charge is 0.127 e. The Morgan fingerprint density at radius 1 is 1.30 bits per heavy atom. The molecule has 2 rings (SSSR count). The third kappa shape index (κ3) is 4.88. The summed E-state index contributed by atoms with van der Waals surface area (Å²) in [6, 6.07) is 4.78. The molecule has 0 amide bonds. The van der Waals surface area contributed by atoms with Gasteiger partial charge in [-0.3, -0.25) is 4.90 Å². The van der Waals surface area contributed by atoms with Crippen LogP contribution in [0.2, 0.25) is 0 Å². The summed E-state index contributed by atoms with van der Waals surface area (Å²) in [5.74, 6) is 0.931. The van der Waals surface area contributed by atoms with E-state index in [4.69, 9.17) is 9.84 Å². The summed E-state index contributed by atoms with van der Waals surface area (Å²) in [7, 11) is 3.54. The van der Waals surface area contributed by atoms with Gasteiger partial charge in [-0.05, 0) is 37.1 Å². The summed E-state index contributed by atoms with van der Waals surface area (Å²) in [6.45, 7) is 3.80. The van der Waals surface area contributed by atoms with E-state index < -0.39 is 0 Å². The number of halogens is 1. The second kappa shape index (κ2) is 8.59. The maximum absolute atomic E-state index is 14.0. The Morgan fingerprint density at radius 3 is 2.70 bits per heavy atom. The van der Waals surface area contributed by atoms with E-state index in [-0.39, 0.29) is 24.9 Å². The number of nitrogens with zero attached hydrogens (tertiary/aromatic N) is 2. The van der Waals surface area contributed by atoms with Gasteiger partial charge in [0, 0.05) is 44.9 Å². The number of benzene rings is 1. The first-order chi connectivity index (χ1) is 11.1. The quantitative estimate of drug-likeness (QED) is 0.740. The molecule has 2 atom stereocenters. The Kier molecular flexibility index (Phi) is 6.77. The van der Waals surface area contributed by atoms with E-state index >= 15 is 0 Å². The Balaban J connectivity index is 1.99. The largest absolute Gasteiger partial charge is 0.497 e. The molecule has 1 aromatic rings. The number of likely N-dealkylation sites (N-methyl/N-ethyl adjacent to an activating group) is 1. The van der Waals surface area contributed by atoms with Crippen molar-refractivity contribution in [3.8, 4) is 5.75 Å². The molecule has 1 fully saturated rings. The Bertz CT molecular complexity index is 501. The van der Waals surface area contributed by atoms with Gasteiger partial charge in [-0.15, -0.1) is 0 Å². The average Bonchev–Trinajstić information content (AvgIpc) is 2.91. The summed E-state index contributed by atoms with van der Waals surface area (Å²) < 4.78 is 19.1. The van der Waals surface area contributed by atoms with Crippen LogP contribution in [0, 0.1) is 17.7 Å². The van der Waals surface area contributed by atoms with Crippen LogP contribution in [0.25, 0.3) is 0 Å². The fourth-order valence-corrected chi connectivity index (χ4v) is 3.28. The van der Waals surface area contributed by atoms with Crippen LogP contribution in [0.1, 0.15) is 5.56 Å². The molecular weight excluding hydrogens is 299 g/mol. The molecule has 5 nitrogen and oxygen atoms in total. The van der Waals surface area contributed by atoms with Gasteiger partial charge in [0.05, 0.1) is 13.7 Å². The van der Waals surface area contributed by atoms with Crippen molar-refractivity contribution in [3.05, 3.63) is 29.6 Å². The molecule has 1 heterocycles. The number of methoxy groups -OCH3 is 1. The Hall–Kier alpha value is -1.21. The van der Waals surface area contributed by atoms with Crippen molar-refractivity contribution in [2.45, 2.75) is 6.54 Å². The molecule has 1 aromatic carbocycles. The molecular formula is C17H27FN2O3. The highest BCUT2D eigenvalue weighted by Crippen LogP contribution is 2.27. The molecule has 0 bridgehead atoms. The Labute approximate surface area is 137 Å². The lowest BCUT2D eigenvalue weighted by Gasteiger charge is -2.23. The first kappa shape index (κ1) is 18.1. The third-order valence-electron chi connectivity index (χ3n) is 4.56. The monoisotopic (exact) mass is 326 g/mol. The number of likely N-dealkylation sites (tertiary alicyclic amines) is 1. The zero-order valence-corrected chi connectivity index (χ0v) is 13.9. The zero-order valence-electron chi connectivity index (χ0n) is 13.9. The Morgan fingerprint density at radius 2 is 2.04 bits per heavy atom. The summed E-state index contributed by atoms with van der Waals surface area (Å²) in [4.78, 5) is 4.25. The van der Waals surface area contributed by atoms with E-state index in [9.17, 15) is 9.50 Å². The van der Waals surface area contributed by atoms with E-state index in [1.807, 2.05) is 7.05 Å². The summed E-state index contributed by atoms with van der Waals surface area (Å²) in [5.41, 5.74) is 0.616. The fourth-order valence-electron chi connectivity index (χ4n) is 3.28. The maximum atomic E-state index is 14.0. The van der Waals surface area contributed by atoms with Crippen LogP contribution < -0.4 is 4.74 Å². The highest BCUT2D eigenvalue weighted by atomic mass is 19.1. The topological polar surface area (TPSA) is 56.2 Å². The summed E-state index contributed by atoms with van der Waals surface area (Å²) >= 11 is 0. The van der Waals surface area contributed by atoms with Crippen molar-refractivity contribution < 1.29 is 19.3 Å². The van der Waals surface area contributed by atoms with Crippen LogP contribution in [0.15, 0.2) is 18.2 Å². The molecule has 0 spiro atoms. The van der Waals surface area contributed by atoms with Crippen molar-refractivity contribution in [2.75, 3.05) is 53.6 Å². The normalized spacial score (nSPS) is 22.0. The highest BCUT2D eigenvalue weighted by molar-refractivity contribution is 5.29. The predicted octanol–water partition coefficient (Wildman–Crippen LogP) is 0.799. The van der Waals surface area contributed by atoms with Crippen LogP contribution in [-0.4, -0.2) is 73.6 Å². The molecule has 1 saturated heterocycles. The van der Waals surface area contributed by atoms with Gasteiger partial charge < -0.3 is 19.8 Å². The molecule has 0 aliphatic carbocycles. The van der Waals surface area contributed by atoms with Crippen molar-refractivity contribution in [2.24, 2.45) is 11.8 Å². The van der Waals surface area contributed by atoms with Crippen LogP contribution in [-0.2, 0) is 6.54 Å². The molecule has 1 aliphatic rings. The predicted molar refractivity (Wildman–Crippen MR) is 86.9 cm³/mol. The van der Waals surface area contributed by atoms with Gasteiger partial charge in [-0.1, -0.05) is 0 Å². The molecule has 0 saturated carbocycles. The summed E-state index contributed by atoms with van der Waals surface area (Å²) in [5, 5.41) is 18.6. The number of hydrogen-bond donors (Lipinski definition) is 2. The van der Waals surface area contributed by atoms with Gasteiger partial charge in [0.2, 0.25) is 0 Å². The zero-order chi connectivity index (χ0) is 16.8. The van der Waals surface area contributed by atoms with Crippen molar-refractivity contribution >= 4 is 0 Å². The van der Waals surface area contributed by atoms with Gasteiger partial charge in [0.1, 0.15) is 11.6 Å². The van der Waals surface area contributed by atoms with Crippen LogP contribution in [0.3, 0.4) is 0 Å². The number of ether oxygens (including phenoxy) is 1. The molecule has 0 aromatic heterocycles. The first-order valence-corrected chi connectivity index (χ1v) is 8.02. The van der Waals surface area contributed by atoms with Crippen molar-refractivity contribution in [3.63, 3.8) is 0 Å². The minimum Gasteiger partial charge on any atom is -0.497 e. The van der Waals surface area contributed by atoms with Crippen LogP contribution >= 0.6 is 0 Å². The lowest BCUT2D eigenvalue weighted by Crippen LogP contribution is -2.32. The van der Waals surface area contributed by atoms with Gasteiger partial charge in [0.25, 0.3) is 0 Å². The van der Waals surface area contributed by atoms with Gasteiger partial charge in [-0.25, -0.2) is 4.39 Å². The SMILES string of the molecule is COc1ccc(F)c(CN2C[C@@H](CN(C)CCO)[C@@H](CO)C2)c1. The number of aliphatic hydroxyl groups excluding tert-OH is 2. The molecule has 2 N–H and O–H groups in total. The molecule has 23 heavy (non-hydrogen) atoms. The molecule has 0 radical (unpaired) electrons. The highest BCUT2D eigenvalue weighted by Gasteiger charge is 2.33. The van der Waals surface area contributed by atoms with E-state index in [0.29, 0.717) is 30.3 Å². The van der Waals surface area contributed by atoms with Crippen molar-refractivity contribution in [1.82, 2.24) is 9.80 Å². The molecule has 130 valence electrons. The van der Waals surface area contributed by atoms with Crippen molar-refractivity contribution in [1.29, 1.82) is 0 Å². The van der Waals surface area contributed by atoms with E-state index in [1.165, 1.54) is 6.07 Å². The van der Waals surface area contributed by atoms with E-state index in [1.54, 1.807) is 19.2 Å². The van der Waals surface area contributed by atoms with Gasteiger partial charge in [0.15, 0.2) is 0 Å². The van der Waals surface area contributed by atoms with Gasteiger partial charge in [-0.2, -0.15) is 0 Å². The second-order valence-electron chi connectivity index (χ2n) is 6.34. The lowest BCUT2D eigenvalue weighted by atomic mass is 9.96. The average molecular weight is 326 g/mol. The van der Waals surface area contributed by atoms with Crippen LogP contribution in [0.4, 0.5) is 4.39 Å². The number of hydrogen-bond acceptors (Lipinski definition) is 5. The van der Waals surface area contributed by atoms with E-state index in [2.05, 4.69) is 9.80 Å². The molecule has 6 heteroatoms.